The Hall–Kier alpha value is -1.22. The molecular formula is C15H23ClN2O. The second-order valence-electron chi connectivity index (χ2n) is 4.76. The van der Waals surface area contributed by atoms with Crippen LogP contribution in [0.1, 0.15) is 44.0 Å². The summed E-state index contributed by atoms with van der Waals surface area (Å²) in [6.07, 6.45) is 2.16. The summed E-state index contributed by atoms with van der Waals surface area (Å²) in [5.74, 6) is 0.529. The fourth-order valence-electron chi connectivity index (χ4n) is 2.11. The molecule has 1 aromatic rings. The molecule has 0 atom stereocenters. The zero-order valence-electron chi connectivity index (χ0n) is 11.9. The number of halogens is 1. The topological polar surface area (TPSA) is 46.3 Å². The largest absolute Gasteiger partial charge is 0.398 e. The lowest BCUT2D eigenvalue weighted by molar-refractivity contribution is 0.0736. The molecule has 0 spiro atoms. The number of amides is 1. The molecule has 0 unspecified atom stereocenters. The fourth-order valence-corrected chi connectivity index (χ4v) is 2.29. The Morgan fingerprint density at radius 3 is 2.42 bits per heavy atom. The van der Waals surface area contributed by atoms with Gasteiger partial charge < -0.3 is 10.6 Å². The van der Waals surface area contributed by atoms with E-state index in [0.29, 0.717) is 28.7 Å². The Bertz CT molecular complexity index is 430. The van der Waals surface area contributed by atoms with E-state index in [-0.39, 0.29) is 5.91 Å². The smallest absolute Gasteiger partial charge is 0.255 e. The standard InChI is InChI=1S/C15H23ClN2O/c1-4-11(5-2)10-18(6-3)15(19)13-8-7-12(16)9-14(13)17/h7-9,11H,4-6,10,17H2,1-3H3. The molecule has 0 bridgehead atoms. The van der Waals surface area contributed by atoms with Crippen molar-refractivity contribution < 1.29 is 4.79 Å². The first kappa shape index (κ1) is 15.8. The average molecular weight is 283 g/mol. The maximum atomic E-state index is 12.5. The summed E-state index contributed by atoms with van der Waals surface area (Å²) >= 11 is 5.86. The zero-order valence-corrected chi connectivity index (χ0v) is 12.7. The number of carbonyl (C=O) groups is 1. The third kappa shape index (κ3) is 4.13. The molecule has 1 aromatic carbocycles. The maximum Gasteiger partial charge on any atom is 0.255 e. The number of carbonyl (C=O) groups excluding carboxylic acids is 1. The molecule has 4 heteroatoms. The highest BCUT2D eigenvalue weighted by molar-refractivity contribution is 6.31. The Morgan fingerprint density at radius 2 is 1.95 bits per heavy atom. The number of nitrogen functional groups attached to an aromatic ring is 1. The van der Waals surface area contributed by atoms with Gasteiger partial charge in [-0.2, -0.15) is 0 Å². The van der Waals surface area contributed by atoms with Crippen LogP contribution in [0, 0.1) is 5.92 Å². The molecule has 0 saturated heterocycles. The van der Waals surface area contributed by atoms with E-state index in [1.807, 2.05) is 11.8 Å². The van der Waals surface area contributed by atoms with Gasteiger partial charge in [-0.25, -0.2) is 0 Å². The molecule has 106 valence electrons. The van der Waals surface area contributed by atoms with Crippen LogP contribution in [-0.2, 0) is 0 Å². The van der Waals surface area contributed by atoms with Crippen LogP contribution >= 0.6 is 11.6 Å². The Kier molecular flexibility index (Phi) is 6.16. The number of hydrogen-bond donors (Lipinski definition) is 1. The van der Waals surface area contributed by atoms with Crippen molar-refractivity contribution >= 4 is 23.2 Å². The van der Waals surface area contributed by atoms with Crippen molar-refractivity contribution in [2.75, 3.05) is 18.8 Å². The molecule has 0 aliphatic heterocycles. The predicted molar refractivity (Wildman–Crippen MR) is 81.5 cm³/mol. The minimum absolute atomic E-state index is 0.0106. The summed E-state index contributed by atoms with van der Waals surface area (Å²) < 4.78 is 0. The van der Waals surface area contributed by atoms with E-state index in [1.54, 1.807) is 18.2 Å². The van der Waals surface area contributed by atoms with E-state index in [0.717, 1.165) is 19.4 Å². The average Bonchev–Trinajstić information content (AvgIpc) is 2.39. The van der Waals surface area contributed by atoms with Crippen LogP contribution in [0.25, 0.3) is 0 Å². The highest BCUT2D eigenvalue weighted by Crippen LogP contribution is 2.20. The third-order valence-corrected chi connectivity index (χ3v) is 3.78. The SMILES string of the molecule is CCC(CC)CN(CC)C(=O)c1ccc(Cl)cc1N. The monoisotopic (exact) mass is 282 g/mol. The van der Waals surface area contributed by atoms with E-state index < -0.39 is 0 Å². The molecule has 1 amide bonds. The van der Waals surface area contributed by atoms with Gasteiger partial charge in [-0.05, 0) is 31.0 Å². The van der Waals surface area contributed by atoms with E-state index >= 15 is 0 Å². The van der Waals surface area contributed by atoms with Gasteiger partial charge in [-0.3, -0.25) is 4.79 Å². The molecule has 0 heterocycles. The number of anilines is 1. The first-order valence-electron chi connectivity index (χ1n) is 6.87. The third-order valence-electron chi connectivity index (χ3n) is 3.55. The number of hydrogen-bond acceptors (Lipinski definition) is 2. The zero-order chi connectivity index (χ0) is 14.4. The minimum atomic E-state index is -0.0106. The van der Waals surface area contributed by atoms with Crippen LogP contribution in [0.4, 0.5) is 5.69 Å². The lowest BCUT2D eigenvalue weighted by atomic mass is 10.0. The number of nitrogens with zero attached hydrogens (tertiary/aromatic N) is 1. The van der Waals surface area contributed by atoms with Gasteiger partial charge in [0.25, 0.3) is 5.91 Å². The van der Waals surface area contributed by atoms with Crippen molar-refractivity contribution in [1.82, 2.24) is 4.90 Å². The summed E-state index contributed by atoms with van der Waals surface area (Å²) in [5, 5.41) is 0.553. The fraction of sp³-hybridized carbons (Fsp3) is 0.533. The van der Waals surface area contributed by atoms with Gasteiger partial charge in [0, 0.05) is 23.8 Å². The van der Waals surface area contributed by atoms with Crippen LogP contribution in [-0.4, -0.2) is 23.9 Å². The molecule has 0 aliphatic carbocycles. The van der Waals surface area contributed by atoms with Gasteiger partial charge in [-0.15, -0.1) is 0 Å². The van der Waals surface area contributed by atoms with E-state index in [1.165, 1.54) is 0 Å². The van der Waals surface area contributed by atoms with Crippen molar-refractivity contribution in [1.29, 1.82) is 0 Å². The van der Waals surface area contributed by atoms with Crippen LogP contribution in [0.15, 0.2) is 18.2 Å². The summed E-state index contributed by atoms with van der Waals surface area (Å²) in [6, 6.07) is 5.03. The van der Waals surface area contributed by atoms with E-state index in [9.17, 15) is 4.79 Å². The second-order valence-corrected chi connectivity index (χ2v) is 5.19. The molecule has 0 fully saturated rings. The molecule has 0 radical (unpaired) electrons. The molecular weight excluding hydrogens is 260 g/mol. The quantitative estimate of drug-likeness (QED) is 0.806. The van der Waals surface area contributed by atoms with Gasteiger partial charge in [0.1, 0.15) is 0 Å². The Labute approximate surface area is 120 Å². The lowest BCUT2D eigenvalue weighted by Crippen LogP contribution is -2.35. The van der Waals surface area contributed by atoms with E-state index in [2.05, 4.69) is 13.8 Å². The van der Waals surface area contributed by atoms with Gasteiger partial charge in [0.05, 0.1) is 5.56 Å². The molecule has 19 heavy (non-hydrogen) atoms. The van der Waals surface area contributed by atoms with Crippen molar-refractivity contribution in [3.63, 3.8) is 0 Å². The Morgan fingerprint density at radius 1 is 1.32 bits per heavy atom. The van der Waals surface area contributed by atoms with Crippen molar-refractivity contribution in [2.45, 2.75) is 33.6 Å². The minimum Gasteiger partial charge on any atom is -0.398 e. The van der Waals surface area contributed by atoms with Crippen molar-refractivity contribution in [3.8, 4) is 0 Å². The molecule has 2 N–H and O–H groups in total. The van der Waals surface area contributed by atoms with Gasteiger partial charge in [0.2, 0.25) is 0 Å². The molecule has 1 rings (SSSR count). The lowest BCUT2D eigenvalue weighted by Gasteiger charge is -2.26. The number of benzene rings is 1. The Balaban J connectivity index is 2.89. The van der Waals surface area contributed by atoms with Crippen LogP contribution in [0.2, 0.25) is 5.02 Å². The summed E-state index contributed by atoms with van der Waals surface area (Å²) in [4.78, 5) is 14.3. The van der Waals surface area contributed by atoms with Gasteiger partial charge in [0.15, 0.2) is 0 Å². The summed E-state index contributed by atoms with van der Waals surface area (Å²) in [5.41, 5.74) is 6.86. The normalized spacial score (nSPS) is 10.8. The first-order chi connectivity index (χ1) is 9.03. The number of rotatable bonds is 6. The molecule has 3 nitrogen and oxygen atoms in total. The van der Waals surface area contributed by atoms with Gasteiger partial charge in [-0.1, -0.05) is 38.3 Å². The molecule has 0 aromatic heterocycles. The van der Waals surface area contributed by atoms with Crippen molar-refractivity contribution in [3.05, 3.63) is 28.8 Å². The van der Waals surface area contributed by atoms with Crippen LogP contribution in [0.5, 0.6) is 0 Å². The first-order valence-corrected chi connectivity index (χ1v) is 7.25. The second kappa shape index (κ2) is 7.39. The van der Waals surface area contributed by atoms with Crippen LogP contribution in [0.3, 0.4) is 0 Å². The van der Waals surface area contributed by atoms with Gasteiger partial charge >= 0.3 is 0 Å². The van der Waals surface area contributed by atoms with Crippen LogP contribution < -0.4 is 5.73 Å². The predicted octanol–water partition coefficient (Wildman–Crippen LogP) is 3.82. The highest BCUT2D eigenvalue weighted by Gasteiger charge is 2.19. The number of nitrogens with two attached hydrogens (primary N) is 1. The van der Waals surface area contributed by atoms with Crippen molar-refractivity contribution in [2.24, 2.45) is 5.92 Å². The van der Waals surface area contributed by atoms with E-state index in [4.69, 9.17) is 17.3 Å². The summed E-state index contributed by atoms with van der Waals surface area (Å²) in [7, 11) is 0. The molecule has 0 saturated carbocycles. The maximum absolute atomic E-state index is 12.5. The highest BCUT2D eigenvalue weighted by atomic mass is 35.5. The summed E-state index contributed by atoms with van der Waals surface area (Å²) in [6.45, 7) is 7.78. The molecule has 0 aliphatic rings.